The first-order valence-electron chi connectivity index (χ1n) is 3.47. The van der Waals surface area contributed by atoms with Gasteiger partial charge in [-0.25, -0.2) is 0 Å². The Kier molecular flexibility index (Phi) is 2.97. The number of carbonyl (C=O) groups excluding carboxylic acids is 1. The van der Waals surface area contributed by atoms with E-state index in [0.29, 0.717) is 9.13 Å². The number of rotatable bonds is 2. The molecule has 0 amide bonds. The van der Waals surface area contributed by atoms with E-state index >= 15 is 0 Å². The second-order valence-electron chi connectivity index (χ2n) is 2.48. The van der Waals surface area contributed by atoms with Gasteiger partial charge in [0, 0.05) is 11.6 Å². The van der Waals surface area contributed by atoms with E-state index in [0.717, 1.165) is 0 Å². The molecule has 0 aliphatic heterocycles. The molecule has 0 atom stereocenters. The Morgan fingerprint density at radius 2 is 2.15 bits per heavy atom. The molecule has 5 heteroatoms. The van der Waals surface area contributed by atoms with Crippen LogP contribution in [-0.2, 0) is 0 Å². The number of hydrogen-bond acceptors (Lipinski definition) is 3. The summed E-state index contributed by atoms with van der Waals surface area (Å²) >= 11 is 1.84. The van der Waals surface area contributed by atoms with E-state index in [4.69, 9.17) is 0 Å². The van der Waals surface area contributed by atoms with Gasteiger partial charge in [-0.1, -0.05) is 0 Å². The molecule has 0 bridgehead atoms. The van der Waals surface area contributed by atoms with E-state index in [1.807, 2.05) is 22.6 Å². The lowest BCUT2D eigenvalue weighted by Gasteiger charge is -1.97. The van der Waals surface area contributed by atoms with Crippen molar-refractivity contribution in [2.24, 2.45) is 0 Å². The van der Waals surface area contributed by atoms with Crippen molar-refractivity contribution in [2.45, 2.75) is 6.92 Å². The Balaban J connectivity index is 3.20. The average molecular weight is 291 g/mol. The molecule has 0 spiro atoms. The number of ketones is 1. The molecule has 0 fully saturated rings. The highest BCUT2D eigenvalue weighted by Gasteiger charge is 2.12. The predicted octanol–water partition coefficient (Wildman–Crippen LogP) is 2.40. The van der Waals surface area contributed by atoms with Gasteiger partial charge in [-0.2, -0.15) is 0 Å². The number of Topliss-reactive ketones (excluding diaryl/α,β-unsaturated/α-hetero) is 1. The van der Waals surface area contributed by atoms with Crippen molar-refractivity contribution in [2.75, 3.05) is 0 Å². The quantitative estimate of drug-likeness (QED) is 0.364. The Morgan fingerprint density at radius 3 is 2.54 bits per heavy atom. The minimum atomic E-state index is -0.467. The normalized spacial score (nSPS) is 9.69. The van der Waals surface area contributed by atoms with Crippen LogP contribution in [-0.4, -0.2) is 10.7 Å². The minimum absolute atomic E-state index is 0.0330. The van der Waals surface area contributed by atoms with Crippen LogP contribution in [0, 0.1) is 13.7 Å². The molecule has 0 aromatic heterocycles. The highest BCUT2D eigenvalue weighted by Crippen LogP contribution is 2.21. The molecule has 0 unspecified atom stereocenters. The number of nitro groups is 1. The average Bonchev–Trinajstić information content (AvgIpc) is 2.03. The van der Waals surface area contributed by atoms with E-state index < -0.39 is 4.92 Å². The maximum atomic E-state index is 10.9. The standard InChI is InChI=1S/C8H6INO3/c1-5(11)6-2-3-8(10(12)13)7(9)4-6/h2-4H,1H3. The molecule has 1 rings (SSSR count). The highest BCUT2D eigenvalue weighted by molar-refractivity contribution is 14.1. The fourth-order valence-corrected chi connectivity index (χ4v) is 1.59. The summed E-state index contributed by atoms with van der Waals surface area (Å²) in [6, 6.07) is 4.32. The third-order valence-corrected chi connectivity index (χ3v) is 2.41. The summed E-state index contributed by atoms with van der Waals surface area (Å²) in [4.78, 5) is 20.9. The summed E-state index contributed by atoms with van der Waals surface area (Å²) in [5, 5.41) is 10.4. The van der Waals surface area contributed by atoms with Gasteiger partial charge in [-0.15, -0.1) is 0 Å². The molecule has 0 aliphatic rings. The first kappa shape index (κ1) is 10.1. The lowest BCUT2D eigenvalue weighted by atomic mass is 10.1. The van der Waals surface area contributed by atoms with Crippen molar-refractivity contribution < 1.29 is 9.72 Å². The van der Waals surface area contributed by atoms with Crippen LogP contribution in [0.3, 0.4) is 0 Å². The summed E-state index contributed by atoms with van der Waals surface area (Å²) in [5.41, 5.74) is 0.528. The molecule has 13 heavy (non-hydrogen) atoms. The second kappa shape index (κ2) is 3.82. The minimum Gasteiger partial charge on any atom is -0.295 e. The van der Waals surface area contributed by atoms with Crippen LogP contribution >= 0.6 is 22.6 Å². The van der Waals surface area contributed by atoms with Gasteiger partial charge in [0.05, 0.1) is 8.49 Å². The van der Waals surface area contributed by atoms with Gasteiger partial charge < -0.3 is 0 Å². The lowest BCUT2D eigenvalue weighted by Crippen LogP contribution is -1.96. The number of nitro benzene ring substituents is 1. The molecule has 1 aromatic carbocycles. The van der Waals surface area contributed by atoms with Crippen molar-refractivity contribution in [1.29, 1.82) is 0 Å². The maximum absolute atomic E-state index is 10.9. The van der Waals surface area contributed by atoms with Crippen LogP contribution in [0.5, 0.6) is 0 Å². The number of nitrogens with zero attached hydrogens (tertiary/aromatic N) is 1. The second-order valence-corrected chi connectivity index (χ2v) is 3.64. The van der Waals surface area contributed by atoms with E-state index in [-0.39, 0.29) is 11.5 Å². The third-order valence-electron chi connectivity index (χ3n) is 1.55. The van der Waals surface area contributed by atoms with Crippen LogP contribution in [0.15, 0.2) is 18.2 Å². The zero-order chi connectivity index (χ0) is 10.0. The molecule has 0 heterocycles. The zero-order valence-electron chi connectivity index (χ0n) is 6.78. The lowest BCUT2D eigenvalue weighted by molar-refractivity contribution is -0.385. The number of benzene rings is 1. The van der Waals surface area contributed by atoms with Gasteiger partial charge >= 0.3 is 0 Å². The van der Waals surface area contributed by atoms with Gasteiger partial charge in [0.1, 0.15) is 0 Å². The van der Waals surface area contributed by atoms with Crippen LogP contribution < -0.4 is 0 Å². The molecule has 0 radical (unpaired) electrons. The monoisotopic (exact) mass is 291 g/mol. The van der Waals surface area contributed by atoms with E-state index in [2.05, 4.69) is 0 Å². The SMILES string of the molecule is CC(=O)c1ccc([N+](=O)[O-])c(I)c1. The van der Waals surface area contributed by atoms with Crippen molar-refractivity contribution in [3.8, 4) is 0 Å². The Hall–Kier alpha value is -0.980. The van der Waals surface area contributed by atoms with Crippen molar-refractivity contribution in [3.05, 3.63) is 37.4 Å². The van der Waals surface area contributed by atoms with E-state index in [1.54, 1.807) is 0 Å². The summed E-state index contributed by atoms with van der Waals surface area (Å²) < 4.78 is 0.482. The molecular formula is C8H6INO3. The summed E-state index contributed by atoms with van der Waals surface area (Å²) in [7, 11) is 0. The van der Waals surface area contributed by atoms with Crippen LogP contribution in [0.2, 0.25) is 0 Å². The zero-order valence-corrected chi connectivity index (χ0v) is 8.94. The summed E-state index contributed by atoms with van der Waals surface area (Å²) in [5.74, 6) is -0.0900. The highest BCUT2D eigenvalue weighted by atomic mass is 127. The molecule has 0 N–H and O–H groups in total. The summed E-state index contributed by atoms with van der Waals surface area (Å²) in [6.07, 6.45) is 0. The molecule has 0 saturated heterocycles. The molecular weight excluding hydrogens is 285 g/mol. The van der Waals surface area contributed by atoms with E-state index in [9.17, 15) is 14.9 Å². The third kappa shape index (κ3) is 2.24. The van der Waals surface area contributed by atoms with Crippen molar-refractivity contribution in [3.63, 3.8) is 0 Å². The predicted molar refractivity (Wildman–Crippen MR) is 55.8 cm³/mol. The largest absolute Gasteiger partial charge is 0.295 e. The Bertz CT molecular complexity index is 376. The van der Waals surface area contributed by atoms with E-state index in [1.165, 1.54) is 25.1 Å². The number of carbonyl (C=O) groups is 1. The smallest absolute Gasteiger partial charge is 0.282 e. The Morgan fingerprint density at radius 1 is 1.54 bits per heavy atom. The fourth-order valence-electron chi connectivity index (χ4n) is 0.874. The number of halogens is 1. The number of hydrogen-bond donors (Lipinski definition) is 0. The van der Waals surface area contributed by atoms with Crippen LogP contribution in [0.4, 0.5) is 5.69 Å². The van der Waals surface area contributed by atoms with Crippen molar-refractivity contribution >= 4 is 34.1 Å². The first-order chi connectivity index (χ1) is 6.02. The summed E-state index contributed by atoms with van der Waals surface area (Å²) in [6.45, 7) is 1.43. The topological polar surface area (TPSA) is 60.2 Å². The van der Waals surface area contributed by atoms with Crippen LogP contribution in [0.1, 0.15) is 17.3 Å². The van der Waals surface area contributed by atoms with Gasteiger partial charge in [0.15, 0.2) is 5.78 Å². The molecule has 0 aliphatic carbocycles. The first-order valence-corrected chi connectivity index (χ1v) is 4.55. The van der Waals surface area contributed by atoms with Gasteiger partial charge in [-0.3, -0.25) is 14.9 Å². The molecule has 68 valence electrons. The van der Waals surface area contributed by atoms with Gasteiger partial charge in [-0.05, 0) is 41.6 Å². The molecule has 4 nitrogen and oxygen atoms in total. The van der Waals surface area contributed by atoms with Gasteiger partial charge in [0.2, 0.25) is 0 Å². The molecule has 1 aromatic rings. The Labute approximate surface area is 88.2 Å². The van der Waals surface area contributed by atoms with Crippen LogP contribution in [0.25, 0.3) is 0 Å². The van der Waals surface area contributed by atoms with Gasteiger partial charge in [0.25, 0.3) is 5.69 Å². The maximum Gasteiger partial charge on any atom is 0.282 e. The van der Waals surface area contributed by atoms with Crippen molar-refractivity contribution in [1.82, 2.24) is 0 Å². The fraction of sp³-hybridized carbons (Fsp3) is 0.125. The molecule has 0 saturated carbocycles.